The summed E-state index contributed by atoms with van der Waals surface area (Å²) in [6.07, 6.45) is 6.88. The van der Waals surface area contributed by atoms with Gasteiger partial charge < -0.3 is 10.1 Å². The Kier molecular flexibility index (Phi) is 5.82. The maximum atomic E-state index is 11.0. The molecule has 0 spiro atoms. The number of hydrogen-bond acceptors (Lipinski definition) is 5. The topological polar surface area (TPSA) is 68.3 Å². The van der Waals surface area contributed by atoms with Crippen LogP contribution in [-0.2, 0) is 14.3 Å². The molecule has 0 saturated carbocycles. The molecule has 23 heavy (non-hydrogen) atoms. The molecule has 0 bridgehead atoms. The number of thiazole rings is 1. The minimum absolute atomic E-state index is 0.134. The van der Waals surface area contributed by atoms with E-state index >= 15 is 0 Å². The summed E-state index contributed by atoms with van der Waals surface area (Å²) < 4.78 is 4.54. The van der Waals surface area contributed by atoms with Crippen molar-refractivity contribution in [2.75, 3.05) is 12.4 Å². The first kappa shape index (κ1) is 16.6. The Labute approximate surface area is 138 Å². The Hall–Kier alpha value is -2.73. The SMILES string of the molecule is COC(=O)C=Cc1ccc(C=Cc2csc(NC(C)=O)n2)cc1. The molecule has 0 aliphatic heterocycles. The summed E-state index contributed by atoms with van der Waals surface area (Å²) in [7, 11) is 1.34. The summed E-state index contributed by atoms with van der Waals surface area (Å²) in [6.45, 7) is 1.45. The second-order valence-electron chi connectivity index (χ2n) is 4.62. The van der Waals surface area contributed by atoms with Crippen LogP contribution in [0.4, 0.5) is 5.13 Å². The second-order valence-corrected chi connectivity index (χ2v) is 5.47. The molecule has 0 unspecified atom stereocenters. The third-order valence-electron chi connectivity index (χ3n) is 2.80. The van der Waals surface area contributed by atoms with E-state index in [0.29, 0.717) is 5.13 Å². The lowest BCUT2D eigenvalue weighted by Gasteiger charge is -1.96. The van der Waals surface area contributed by atoms with Gasteiger partial charge in [0.2, 0.25) is 5.91 Å². The van der Waals surface area contributed by atoms with Crippen LogP contribution >= 0.6 is 11.3 Å². The van der Waals surface area contributed by atoms with Gasteiger partial charge in [0.15, 0.2) is 5.13 Å². The Morgan fingerprint density at radius 2 is 1.78 bits per heavy atom. The fraction of sp³-hybridized carbons (Fsp3) is 0.118. The minimum atomic E-state index is -0.382. The van der Waals surface area contributed by atoms with Gasteiger partial charge in [0, 0.05) is 18.4 Å². The Balaban J connectivity index is 2.00. The van der Waals surface area contributed by atoms with Gasteiger partial charge in [-0.2, -0.15) is 0 Å². The van der Waals surface area contributed by atoms with Crippen LogP contribution in [0.3, 0.4) is 0 Å². The van der Waals surface area contributed by atoms with Crippen molar-refractivity contribution in [1.29, 1.82) is 0 Å². The highest BCUT2D eigenvalue weighted by Gasteiger charge is 2.00. The quantitative estimate of drug-likeness (QED) is 0.674. The lowest BCUT2D eigenvalue weighted by atomic mass is 10.1. The average Bonchev–Trinajstić information content (AvgIpc) is 2.98. The fourth-order valence-corrected chi connectivity index (χ4v) is 2.43. The van der Waals surface area contributed by atoms with E-state index in [4.69, 9.17) is 0 Å². The second kappa shape index (κ2) is 8.05. The van der Waals surface area contributed by atoms with Gasteiger partial charge in [0.25, 0.3) is 0 Å². The van der Waals surface area contributed by atoms with Gasteiger partial charge >= 0.3 is 5.97 Å². The Bertz CT molecular complexity index is 745. The molecular formula is C17H16N2O3S. The van der Waals surface area contributed by atoms with Crippen molar-refractivity contribution in [1.82, 2.24) is 4.98 Å². The molecule has 6 heteroatoms. The van der Waals surface area contributed by atoms with Crippen molar-refractivity contribution in [3.05, 3.63) is 52.5 Å². The van der Waals surface area contributed by atoms with E-state index in [9.17, 15) is 9.59 Å². The molecule has 0 fully saturated rings. The summed E-state index contributed by atoms with van der Waals surface area (Å²) >= 11 is 1.38. The van der Waals surface area contributed by atoms with E-state index in [2.05, 4.69) is 15.0 Å². The molecule has 0 aliphatic rings. The van der Waals surface area contributed by atoms with Crippen LogP contribution in [-0.4, -0.2) is 24.0 Å². The first-order chi connectivity index (χ1) is 11.1. The molecule has 5 nitrogen and oxygen atoms in total. The molecule has 0 atom stereocenters. The highest BCUT2D eigenvalue weighted by molar-refractivity contribution is 7.14. The molecule has 1 aromatic heterocycles. The predicted octanol–water partition coefficient (Wildman–Crippen LogP) is 3.46. The van der Waals surface area contributed by atoms with Crippen LogP contribution in [0.1, 0.15) is 23.7 Å². The van der Waals surface area contributed by atoms with Gasteiger partial charge in [-0.1, -0.05) is 30.3 Å². The van der Waals surface area contributed by atoms with E-state index in [-0.39, 0.29) is 11.9 Å². The van der Waals surface area contributed by atoms with Crippen LogP contribution in [0, 0.1) is 0 Å². The number of benzene rings is 1. The number of esters is 1. The van der Waals surface area contributed by atoms with Crippen LogP contribution in [0.15, 0.2) is 35.7 Å². The zero-order valence-electron chi connectivity index (χ0n) is 12.8. The van der Waals surface area contributed by atoms with Crippen LogP contribution in [0.5, 0.6) is 0 Å². The van der Waals surface area contributed by atoms with E-state index in [1.165, 1.54) is 31.4 Å². The van der Waals surface area contributed by atoms with E-state index in [1.54, 1.807) is 6.08 Å². The van der Waals surface area contributed by atoms with Crippen LogP contribution in [0.25, 0.3) is 18.2 Å². The maximum absolute atomic E-state index is 11.0. The minimum Gasteiger partial charge on any atom is -0.466 e. The van der Waals surface area contributed by atoms with Crippen molar-refractivity contribution < 1.29 is 14.3 Å². The number of nitrogens with zero attached hydrogens (tertiary/aromatic N) is 1. The Morgan fingerprint density at radius 3 is 2.39 bits per heavy atom. The highest BCUT2D eigenvalue weighted by atomic mass is 32.1. The van der Waals surface area contributed by atoms with Crippen molar-refractivity contribution in [3.63, 3.8) is 0 Å². The van der Waals surface area contributed by atoms with Crippen molar-refractivity contribution in [2.24, 2.45) is 0 Å². The summed E-state index contributed by atoms with van der Waals surface area (Å²) in [5.41, 5.74) is 2.71. The van der Waals surface area contributed by atoms with Gasteiger partial charge in [-0.15, -0.1) is 11.3 Å². The lowest BCUT2D eigenvalue weighted by Crippen LogP contribution is -2.04. The number of hydrogen-bond donors (Lipinski definition) is 1. The molecule has 2 rings (SSSR count). The third-order valence-corrected chi connectivity index (χ3v) is 3.58. The standard InChI is InChI=1S/C17H16N2O3S/c1-12(20)18-17-19-15(11-23-17)9-7-13-3-5-14(6-4-13)8-10-16(21)22-2/h3-11H,1-2H3,(H,18,19,20). The molecule has 118 valence electrons. The molecule has 1 heterocycles. The van der Waals surface area contributed by atoms with Crippen molar-refractivity contribution >= 4 is 46.6 Å². The van der Waals surface area contributed by atoms with E-state index in [0.717, 1.165) is 16.8 Å². The average molecular weight is 328 g/mol. The number of ether oxygens (including phenoxy) is 1. The summed E-state index contributed by atoms with van der Waals surface area (Å²) in [6, 6.07) is 7.69. The fourth-order valence-electron chi connectivity index (χ4n) is 1.70. The maximum Gasteiger partial charge on any atom is 0.330 e. The number of methoxy groups -OCH3 is 1. The highest BCUT2D eigenvalue weighted by Crippen LogP contribution is 2.17. The Morgan fingerprint density at radius 1 is 1.13 bits per heavy atom. The normalized spacial score (nSPS) is 11.0. The molecule has 0 aliphatic carbocycles. The monoisotopic (exact) mass is 328 g/mol. The van der Waals surface area contributed by atoms with Crippen LogP contribution in [0.2, 0.25) is 0 Å². The molecule has 1 aromatic carbocycles. The third kappa shape index (κ3) is 5.52. The first-order valence-corrected chi connectivity index (χ1v) is 7.72. The largest absolute Gasteiger partial charge is 0.466 e. The predicted molar refractivity (Wildman–Crippen MR) is 92.8 cm³/mol. The zero-order chi connectivity index (χ0) is 16.7. The van der Waals surface area contributed by atoms with E-state index in [1.807, 2.05) is 41.8 Å². The number of aromatic nitrogens is 1. The van der Waals surface area contributed by atoms with Gasteiger partial charge in [-0.05, 0) is 23.3 Å². The zero-order valence-corrected chi connectivity index (χ0v) is 13.6. The lowest BCUT2D eigenvalue weighted by molar-refractivity contribution is -0.134. The van der Waals surface area contributed by atoms with Gasteiger partial charge in [0.1, 0.15) is 0 Å². The summed E-state index contributed by atoms with van der Waals surface area (Å²) in [4.78, 5) is 26.3. The number of nitrogens with one attached hydrogen (secondary N) is 1. The molecule has 2 aromatic rings. The number of amides is 1. The number of anilines is 1. The van der Waals surface area contributed by atoms with E-state index < -0.39 is 0 Å². The molecule has 0 radical (unpaired) electrons. The van der Waals surface area contributed by atoms with Crippen molar-refractivity contribution in [3.8, 4) is 0 Å². The number of rotatable bonds is 5. The number of carbonyl (C=O) groups excluding carboxylic acids is 2. The van der Waals surface area contributed by atoms with Gasteiger partial charge in [-0.3, -0.25) is 4.79 Å². The van der Waals surface area contributed by atoms with Crippen LogP contribution < -0.4 is 5.32 Å². The van der Waals surface area contributed by atoms with Gasteiger partial charge in [0.05, 0.1) is 12.8 Å². The molecule has 1 N–H and O–H groups in total. The summed E-state index contributed by atoms with van der Waals surface area (Å²) in [5, 5.41) is 5.10. The first-order valence-electron chi connectivity index (χ1n) is 6.84. The molecular weight excluding hydrogens is 312 g/mol. The smallest absolute Gasteiger partial charge is 0.330 e. The number of carbonyl (C=O) groups is 2. The molecule has 1 amide bonds. The van der Waals surface area contributed by atoms with Crippen molar-refractivity contribution in [2.45, 2.75) is 6.92 Å². The molecule has 0 saturated heterocycles. The van der Waals surface area contributed by atoms with Gasteiger partial charge in [-0.25, -0.2) is 9.78 Å². The summed E-state index contributed by atoms with van der Waals surface area (Å²) in [5.74, 6) is -0.516.